The van der Waals surface area contributed by atoms with E-state index in [-0.39, 0.29) is 0 Å². The van der Waals surface area contributed by atoms with Crippen LogP contribution >= 0.6 is 90.7 Å². The molecule has 1 aromatic carbocycles. The maximum absolute atomic E-state index is 2.77. The molecule has 538 valence electrons. The van der Waals surface area contributed by atoms with Crippen LogP contribution in [0, 0.1) is 0 Å². The van der Waals surface area contributed by atoms with Gasteiger partial charge in [0, 0.05) is 0 Å². The maximum atomic E-state index is 2.77. The van der Waals surface area contributed by atoms with E-state index in [0.717, 1.165) is 0 Å². The van der Waals surface area contributed by atoms with Crippen molar-refractivity contribution >= 4 is 153 Å². The summed E-state index contributed by atoms with van der Waals surface area (Å²) < 4.78 is 6.49. The van der Waals surface area contributed by atoms with E-state index < -0.39 is 36.8 Å². The minimum absolute atomic E-state index is 1.21. The molecular formula is C88H130S8Sn2. The van der Waals surface area contributed by atoms with Crippen molar-refractivity contribution in [3.63, 3.8) is 0 Å². The first-order valence-electron chi connectivity index (χ1n) is 40.5. The molecule has 0 atom stereocenters. The van der Waals surface area contributed by atoms with Crippen molar-refractivity contribution in [3.05, 3.63) is 92.3 Å². The molecule has 8 heterocycles. The molecule has 0 nitrogen and oxygen atoms in total. The zero-order chi connectivity index (χ0) is 69.0. The Kier molecular flexibility index (Phi) is 36.0. The van der Waals surface area contributed by atoms with E-state index in [4.69, 9.17) is 0 Å². The van der Waals surface area contributed by atoms with Crippen molar-refractivity contribution in [1.29, 1.82) is 0 Å². The Hall–Kier alpha value is -1.06. The first-order chi connectivity index (χ1) is 47.8. The number of rotatable bonds is 52. The fourth-order valence-electron chi connectivity index (χ4n) is 14.5. The molecule has 9 rings (SSSR count). The predicted molar refractivity (Wildman–Crippen MR) is 465 cm³/mol. The summed E-state index contributed by atoms with van der Waals surface area (Å²) in [6.45, 7) is 9.31. The molecule has 0 saturated carbocycles. The third kappa shape index (κ3) is 25.0. The molecule has 0 radical (unpaired) electrons. The van der Waals surface area contributed by atoms with Crippen LogP contribution in [-0.4, -0.2) is 36.8 Å². The fourth-order valence-corrected chi connectivity index (χ4v) is 34.6. The average Bonchev–Trinajstić information content (AvgIpc) is 1.55. The molecule has 0 bridgehead atoms. The van der Waals surface area contributed by atoms with Crippen molar-refractivity contribution in [2.75, 3.05) is 0 Å². The van der Waals surface area contributed by atoms with Crippen molar-refractivity contribution in [2.45, 2.75) is 340 Å². The molecule has 9 aromatic rings. The molecular weight excluding hydrogens is 1550 g/mol. The SMILES string of the molecule is CCCCCCCCCCCCc1ccc(-c2cc(-c3c4c[c]([Sn]([CH3])([CH3])[CH3])sc4c(-c4cc(-c5ccc(CCCCCCCCCCCC)s5)c(-c5ccc(CCCCCCCCCCCC)s5)s4)c4c[c]([Sn]([CH3])([CH3])[CH3])sc34)sc2-c2ccc(CCCCCCCCCCCC)s2)s1. The summed E-state index contributed by atoms with van der Waals surface area (Å²) in [5.74, 6) is 0. The normalized spacial score (nSPS) is 12.3. The van der Waals surface area contributed by atoms with E-state index in [9.17, 15) is 0 Å². The monoisotopic (exact) mass is 1680 g/mol. The molecule has 0 aliphatic rings. The first-order valence-corrected chi connectivity index (χ1v) is 67.0. The van der Waals surface area contributed by atoms with Crippen LogP contribution in [0.15, 0.2) is 72.8 Å². The van der Waals surface area contributed by atoms with Crippen molar-refractivity contribution < 1.29 is 0 Å². The molecule has 0 aliphatic carbocycles. The molecule has 0 spiro atoms. The van der Waals surface area contributed by atoms with Gasteiger partial charge in [-0.2, -0.15) is 0 Å². The van der Waals surface area contributed by atoms with Gasteiger partial charge in [0.1, 0.15) is 0 Å². The Labute approximate surface area is 639 Å². The van der Waals surface area contributed by atoms with Crippen LogP contribution in [0.3, 0.4) is 0 Å². The predicted octanol–water partition coefficient (Wildman–Crippen LogP) is 33.4. The second kappa shape index (κ2) is 43.5. The zero-order valence-electron chi connectivity index (χ0n) is 63.3. The van der Waals surface area contributed by atoms with Crippen LogP contribution in [0.2, 0.25) is 29.6 Å². The van der Waals surface area contributed by atoms with Gasteiger partial charge in [-0.3, -0.25) is 0 Å². The zero-order valence-corrected chi connectivity index (χ0v) is 75.5. The second-order valence-electron chi connectivity index (χ2n) is 31.5. The van der Waals surface area contributed by atoms with Gasteiger partial charge >= 0.3 is 388 Å². The number of benzene rings is 1. The van der Waals surface area contributed by atoms with E-state index in [2.05, 4.69) is 221 Å². The molecule has 10 heteroatoms. The summed E-state index contributed by atoms with van der Waals surface area (Å²) in [5.41, 5.74) is 6.01. The van der Waals surface area contributed by atoms with Crippen LogP contribution in [0.5, 0.6) is 0 Å². The topological polar surface area (TPSA) is 0 Å². The number of thiophene rings is 8. The summed E-state index contributed by atoms with van der Waals surface area (Å²) in [7, 11) is 0. The third-order valence-corrected chi connectivity index (χ3v) is 49.1. The standard InChI is InChI=1S/C82H112S8.6CH3.2Sn/c1-5-9-13-17-21-25-29-33-37-41-45-63-49-53-71(85-63)69-61-75(89-79(69)73-55-51-65(87-73)47-43-39-35-31-27-23-19-15-11-7-3)77-67-57-59-84-82(67)78(68-58-60-83-81(68)77)76-62-70(72-54-50-64(86-72)46-42-38-34-30-26-22-18-14-10-6-2)80(90-76)74-56-52-66(88-74)48-44-40-36-32-28-24-20-16-12-8-4;;;;;;;;/h49-58,61-62H,5-48H2,1-4H3;6*1H3;;. The average molecular weight is 1680 g/mol. The van der Waals surface area contributed by atoms with Crippen LogP contribution in [0.1, 0.15) is 304 Å². The molecule has 98 heavy (non-hydrogen) atoms. The molecule has 0 N–H and O–H groups in total. The first kappa shape index (κ1) is 81.0. The molecule has 8 aromatic heterocycles. The van der Waals surface area contributed by atoms with E-state index in [1.807, 2.05) is 0 Å². The van der Waals surface area contributed by atoms with Gasteiger partial charge in [-0.05, 0) is 0 Å². The third-order valence-electron chi connectivity index (χ3n) is 20.6. The Morgan fingerprint density at radius 2 is 0.469 bits per heavy atom. The van der Waals surface area contributed by atoms with Crippen LogP contribution in [0.4, 0.5) is 0 Å². The molecule has 0 saturated heterocycles. The fraction of sp³-hybridized carbons (Fsp3) is 0.614. The molecule has 0 aliphatic heterocycles. The summed E-state index contributed by atoms with van der Waals surface area (Å²) in [4.78, 5) is 34.1. The summed E-state index contributed by atoms with van der Waals surface area (Å²) in [6, 6.07) is 31.0. The number of hydrogen-bond acceptors (Lipinski definition) is 8. The van der Waals surface area contributed by atoms with Gasteiger partial charge in [0.25, 0.3) is 0 Å². The number of aryl methyl sites for hydroxylation is 4. The van der Waals surface area contributed by atoms with Crippen LogP contribution < -0.4 is 5.79 Å². The van der Waals surface area contributed by atoms with E-state index in [0.29, 0.717) is 0 Å². The minimum atomic E-state index is -2.63. The van der Waals surface area contributed by atoms with Crippen molar-refractivity contribution in [1.82, 2.24) is 0 Å². The number of hydrogen-bond donors (Lipinski definition) is 0. The van der Waals surface area contributed by atoms with Gasteiger partial charge in [0.15, 0.2) is 0 Å². The van der Waals surface area contributed by atoms with Gasteiger partial charge in [-0.25, -0.2) is 0 Å². The Morgan fingerprint density at radius 3 is 0.724 bits per heavy atom. The summed E-state index contributed by atoms with van der Waals surface area (Å²) in [5, 5.41) is 3.05. The van der Waals surface area contributed by atoms with E-state index in [1.165, 1.54) is 355 Å². The van der Waals surface area contributed by atoms with Crippen LogP contribution in [-0.2, 0) is 25.7 Å². The van der Waals surface area contributed by atoms with E-state index >= 15 is 0 Å². The van der Waals surface area contributed by atoms with Gasteiger partial charge in [0.05, 0.1) is 0 Å². The summed E-state index contributed by atoms with van der Waals surface area (Å²) >= 11 is 11.8. The van der Waals surface area contributed by atoms with Gasteiger partial charge in [-0.1, -0.05) is 259 Å². The van der Waals surface area contributed by atoms with Gasteiger partial charge in [0.2, 0.25) is 0 Å². The Balaban J connectivity index is 1.07. The molecule has 0 unspecified atom stereocenters. The number of unbranched alkanes of at least 4 members (excludes halogenated alkanes) is 36. The Morgan fingerprint density at radius 1 is 0.235 bits per heavy atom. The van der Waals surface area contributed by atoms with Gasteiger partial charge in [-0.15, -0.1) is 0 Å². The van der Waals surface area contributed by atoms with Crippen LogP contribution in [0.25, 0.3) is 81.4 Å². The van der Waals surface area contributed by atoms with Crippen molar-refractivity contribution in [2.24, 2.45) is 0 Å². The Bertz CT molecular complexity index is 3220. The molecule has 0 fully saturated rings. The van der Waals surface area contributed by atoms with E-state index in [1.54, 1.807) is 34.7 Å². The van der Waals surface area contributed by atoms with Gasteiger partial charge < -0.3 is 0 Å². The number of fused-ring (bicyclic) bond motifs is 2. The second-order valence-corrected chi connectivity index (χ2v) is 71.2. The van der Waals surface area contributed by atoms with Crippen molar-refractivity contribution in [3.8, 4) is 61.3 Å². The molecule has 0 amide bonds. The summed E-state index contributed by atoms with van der Waals surface area (Å²) in [6.07, 6.45) is 60.4. The quantitative estimate of drug-likeness (QED) is 0.0263.